The van der Waals surface area contributed by atoms with Crippen LogP contribution < -0.4 is 0 Å². The molecule has 0 saturated carbocycles. The van der Waals surface area contributed by atoms with Crippen molar-refractivity contribution in [2.75, 3.05) is 0 Å². The van der Waals surface area contributed by atoms with Gasteiger partial charge in [0.05, 0.1) is 3.79 Å². The molecule has 0 aliphatic carbocycles. The van der Waals surface area contributed by atoms with Crippen LogP contribution in [0.2, 0.25) is 0 Å². The number of thiophene rings is 1. The Morgan fingerprint density at radius 1 is 1.67 bits per heavy atom. The van der Waals surface area contributed by atoms with Crippen molar-refractivity contribution < 1.29 is 18.7 Å². The van der Waals surface area contributed by atoms with E-state index in [0.29, 0.717) is 3.79 Å². The Labute approximate surface area is 79.0 Å². The summed E-state index contributed by atoms with van der Waals surface area (Å²) in [5.74, 6) is -5.92. The molecule has 0 aliphatic heterocycles. The molecule has 0 aromatic carbocycles. The van der Waals surface area contributed by atoms with Gasteiger partial charge in [0.2, 0.25) is 0 Å². The number of halogens is 3. The largest absolute Gasteiger partial charge is 0.477 e. The Morgan fingerprint density at radius 3 is 2.58 bits per heavy atom. The number of hydrogen-bond acceptors (Lipinski definition) is 2. The van der Waals surface area contributed by atoms with Crippen LogP contribution in [0.4, 0.5) is 8.78 Å². The van der Waals surface area contributed by atoms with Crippen LogP contribution in [-0.2, 0) is 10.7 Å². The third kappa shape index (κ3) is 1.64. The van der Waals surface area contributed by atoms with Crippen molar-refractivity contribution >= 4 is 33.2 Å². The second kappa shape index (κ2) is 3.10. The lowest BCUT2D eigenvalue weighted by atomic mass is 10.2. The van der Waals surface area contributed by atoms with E-state index in [2.05, 4.69) is 15.9 Å². The van der Waals surface area contributed by atoms with Gasteiger partial charge in [0.25, 0.3) is 0 Å². The van der Waals surface area contributed by atoms with Crippen molar-refractivity contribution in [1.82, 2.24) is 0 Å². The summed E-state index contributed by atoms with van der Waals surface area (Å²) >= 11 is 3.99. The molecule has 0 fully saturated rings. The van der Waals surface area contributed by atoms with E-state index in [4.69, 9.17) is 5.11 Å². The summed E-state index contributed by atoms with van der Waals surface area (Å²) in [6, 6.07) is 1.10. The Bertz CT molecular complexity index is 310. The SMILES string of the molecule is O=C(O)C(F)(F)c1csc(Br)c1. The zero-order chi connectivity index (χ0) is 9.35. The lowest BCUT2D eigenvalue weighted by Gasteiger charge is -2.07. The Hall–Kier alpha value is -0.490. The molecule has 0 spiro atoms. The maximum absolute atomic E-state index is 12.7. The molecule has 0 bridgehead atoms. The summed E-state index contributed by atoms with van der Waals surface area (Å²) in [6.45, 7) is 0. The molecule has 12 heavy (non-hydrogen) atoms. The first-order valence-corrected chi connectivity index (χ1v) is 4.47. The number of aliphatic carboxylic acids is 1. The molecular formula is C6H3BrF2O2S. The van der Waals surface area contributed by atoms with Crippen LogP contribution in [0.25, 0.3) is 0 Å². The Morgan fingerprint density at radius 2 is 2.25 bits per heavy atom. The first-order valence-electron chi connectivity index (χ1n) is 2.80. The van der Waals surface area contributed by atoms with Gasteiger partial charge >= 0.3 is 11.9 Å². The standard InChI is InChI=1S/C6H3BrF2O2S/c7-4-1-3(2-12-4)6(8,9)5(10)11/h1-2H,(H,10,11). The van der Waals surface area contributed by atoms with Gasteiger partial charge in [-0.05, 0) is 22.0 Å². The number of hydrogen-bond donors (Lipinski definition) is 1. The second-order valence-corrected chi connectivity index (χ2v) is 4.31. The van der Waals surface area contributed by atoms with E-state index in [9.17, 15) is 13.6 Å². The molecule has 1 rings (SSSR count). The number of rotatable bonds is 2. The minimum Gasteiger partial charge on any atom is -0.477 e. The van der Waals surface area contributed by atoms with Crippen LogP contribution in [0.1, 0.15) is 5.56 Å². The van der Waals surface area contributed by atoms with Gasteiger partial charge in [0.15, 0.2) is 0 Å². The Balaban J connectivity index is 3.05. The van der Waals surface area contributed by atoms with Gasteiger partial charge < -0.3 is 5.11 Å². The minimum atomic E-state index is -3.79. The minimum absolute atomic E-state index is 0.485. The monoisotopic (exact) mass is 256 g/mol. The highest BCUT2D eigenvalue weighted by molar-refractivity contribution is 9.11. The van der Waals surface area contributed by atoms with Crippen molar-refractivity contribution in [1.29, 1.82) is 0 Å². The normalized spacial score (nSPS) is 11.6. The van der Waals surface area contributed by atoms with E-state index in [-0.39, 0.29) is 0 Å². The van der Waals surface area contributed by atoms with E-state index in [1.807, 2.05) is 0 Å². The fraction of sp³-hybridized carbons (Fsp3) is 0.167. The highest BCUT2D eigenvalue weighted by Gasteiger charge is 2.41. The van der Waals surface area contributed by atoms with Crippen LogP contribution in [0.3, 0.4) is 0 Å². The van der Waals surface area contributed by atoms with Gasteiger partial charge in [0, 0.05) is 10.9 Å². The fourth-order valence-electron chi connectivity index (χ4n) is 0.598. The van der Waals surface area contributed by atoms with Crippen molar-refractivity contribution in [2.24, 2.45) is 0 Å². The zero-order valence-electron chi connectivity index (χ0n) is 5.55. The van der Waals surface area contributed by atoms with Gasteiger partial charge in [0.1, 0.15) is 0 Å². The first kappa shape index (κ1) is 9.60. The topological polar surface area (TPSA) is 37.3 Å². The second-order valence-electron chi connectivity index (χ2n) is 2.02. The highest BCUT2D eigenvalue weighted by Crippen LogP contribution is 2.33. The number of carboxylic acid groups (broad SMARTS) is 1. The molecule has 0 aliphatic rings. The highest BCUT2D eigenvalue weighted by atomic mass is 79.9. The molecule has 0 radical (unpaired) electrons. The lowest BCUT2D eigenvalue weighted by molar-refractivity contribution is -0.166. The van der Waals surface area contributed by atoms with E-state index in [1.54, 1.807) is 0 Å². The fourth-order valence-corrected chi connectivity index (χ4v) is 1.78. The van der Waals surface area contributed by atoms with Gasteiger partial charge in [-0.15, -0.1) is 11.3 Å². The molecule has 1 N–H and O–H groups in total. The van der Waals surface area contributed by atoms with E-state index >= 15 is 0 Å². The molecule has 0 atom stereocenters. The summed E-state index contributed by atoms with van der Waals surface area (Å²) in [4.78, 5) is 10.1. The average molecular weight is 257 g/mol. The predicted molar refractivity (Wildman–Crippen MR) is 43.5 cm³/mol. The van der Waals surface area contributed by atoms with Crippen molar-refractivity contribution in [3.05, 3.63) is 20.8 Å². The van der Waals surface area contributed by atoms with Gasteiger partial charge in [-0.25, -0.2) is 4.79 Å². The summed E-state index contributed by atoms with van der Waals surface area (Å²) in [6.07, 6.45) is 0. The molecule has 1 aromatic rings. The summed E-state index contributed by atoms with van der Waals surface area (Å²) < 4.78 is 25.8. The zero-order valence-corrected chi connectivity index (χ0v) is 7.95. The summed E-state index contributed by atoms with van der Waals surface area (Å²) in [7, 11) is 0. The lowest BCUT2D eigenvalue weighted by Crippen LogP contribution is -2.24. The van der Waals surface area contributed by atoms with Crippen LogP contribution in [0, 0.1) is 0 Å². The molecule has 66 valence electrons. The number of carboxylic acids is 1. The maximum atomic E-state index is 12.7. The molecule has 6 heteroatoms. The van der Waals surface area contributed by atoms with Crippen LogP contribution in [0.15, 0.2) is 15.2 Å². The van der Waals surface area contributed by atoms with Gasteiger partial charge in [-0.1, -0.05) is 0 Å². The molecule has 1 heterocycles. The van der Waals surface area contributed by atoms with Gasteiger partial charge in [-0.3, -0.25) is 0 Å². The Kier molecular flexibility index (Phi) is 2.48. The first-order chi connectivity index (χ1) is 5.44. The predicted octanol–water partition coefficient (Wildman–Crippen LogP) is 2.69. The smallest absolute Gasteiger partial charge is 0.379 e. The molecular weight excluding hydrogens is 254 g/mol. The number of carbonyl (C=O) groups is 1. The van der Waals surface area contributed by atoms with Crippen LogP contribution in [-0.4, -0.2) is 11.1 Å². The molecule has 0 saturated heterocycles. The molecule has 0 unspecified atom stereocenters. The van der Waals surface area contributed by atoms with E-state index in [1.165, 1.54) is 0 Å². The number of alkyl halides is 2. The molecule has 1 aromatic heterocycles. The van der Waals surface area contributed by atoms with Crippen molar-refractivity contribution in [2.45, 2.75) is 5.92 Å². The summed E-state index contributed by atoms with van der Waals surface area (Å²) in [5, 5.41) is 9.25. The van der Waals surface area contributed by atoms with Gasteiger partial charge in [-0.2, -0.15) is 8.78 Å². The van der Waals surface area contributed by atoms with Crippen molar-refractivity contribution in [3.8, 4) is 0 Å². The van der Waals surface area contributed by atoms with Crippen LogP contribution >= 0.6 is 27.3 Å². The average Bonchev–Trinajstić information content (AvgIpc) is 2.35. The molecule has 2 nitrogen and oxygen atoms in total. The third-order valence-corrected chi connectivity index (χ3v) is 2.70. The van der Waals surface area contributed by atoms with Crippen LogP contribution in [0.5, 0.6) is 0 Å². The summed E-state index contributed by atoms with van der Waals surface area (Å²) in [5.41, 5.74) is -0.494. The molecule has 0 amide bonds. The van der Waals surface area contributed by atoms with Crippen molar-refractivity contribution in [3.63, 3.8) is 0 Å². The van der Waals surface area contributed by atoms with E-state index in [0.717, 1.165) is 22.8 Å². The maximum Gasteiger partial charge on any atom is 0.379 e. The third-order valence-electron chi connectivity index (χ3n) is 1.20. The quantitative estimate of drug-likeness (QED) is 0.884. The van der Waals surface area contributed by atoms with E-state index < -0.39 is 17.5 Å².